The summed E-state index contributed by atoms with van der Waals surface area (Å²) in [6.45, 7) is 11.7. The van der Waals surface area contributed by atoms with E-state index in [4.69, 9.17) is 4.74 Å². The summed E-state index contributed by atoms with van der Waals surface area (Å²) < 4.78 is 7.77. The van der Waals surface area contributed by atoms with Crippen molar-refractivity contribution in [3.63, 3.8) is 0 Å². The Kier molecular flexibility index (Phi) is 6.09. The maximum Gasteiger partial charge on any atom is 0.224 e. The Labute approximate surface area is 162 Å². The highest BCUT2D eigenvalue weighted by molar-refractivity contribution is 6.01. The van der Waals surface area contributed by atoms with Gasteiger partial charge in [-0.2, -0.15) is 0 Å². The number of hydrogen-bond donors (Lipinski definition) is 1. The Morgan fingerprint density at radius 2 is 2.11 bits per heavy atom. The summed E-state index contributed by atoms with van der Waals surface area (Å²) in [5.41, 5.74) is 3.98. The Hall–Kier alpha value is -1.62. The SMILES string of the molecule is CCCn1c(C)c(CC(=O)NCC2CCCOC2)c2c1CC(C)(C)CC2=O. The minimum atomic E-state index is -0.0130. The lowest BCUT2D eigenvalue weighted by molar-refractivity contribution is -0.120. The van der Waals surface area contributed by atoms with Crippen LogP contribution in [0.25, 0.3) is 0 Å². The van der Waals surface area contributed by atoms with Gasteiger partial charge < -0.3 is 14.6 Å². The average Bonchev–Trinajstić information content (AvgIpc) is 2.86. The van der Waals surface area contributed by atoms with Crippen molar-refractivity contribution >= 4 is 11.7 Å². The van der Waals surface area contributed by atoms with E-state index in [0.717, 1.165) is 68.0 Å². The Bertz CT molecular complexity index is 712. The first-order valence-corrected chi connectivity index (χ1v) is 10.4. The average molecular weight is 375 g/mol. The van der Waals surface area contributed by atoms with Crippen molar-refractivity contribution in [1.29, 1.82) is 0 Å². The van der Waals surface area contributed by atoms with Gasteiger partial charge in [0, 0.05) is 43.1 Å². The van der Waals surface area contributed by atoms with Crippen LogP contribution in [0.5, 0.6) is 0 Å². The fourth-order valence-electron chi connectivity index (χ4n) is 4.60. The highest BCUT2D eigenvalue weighted by atomic mass is 16.5. The first-order chi connectivity index (χ1) is 12.8. The molecule has 150 valence electrons. The number of ketones is 1. The van der Waals surface area contributed by atoms with E-state index in [2.05, 4.69) is 37.6 Å². The van der Waals surface area contributed by atoms with E-state index in [0.29, 0.717) is 25.3 Å². The molecule has 1 unspecified atom stereocenters. The third kappa shape index (κ3) is 4.45. The number of hydrogen-bond acceptors (Lipinski definition) is 3. The van der Waals surface area contributed by atoms with Gasteiger partial charge in [0.2, 0.25) is 5.91 Å². The zero-order valence-corrected chi connectivity index (χ0v) is 17.3. The highest BCUT2D eigenvalue weighted by Gasteiger charge is 2.36. The molecule has 27 heavy (non-hydrogen) atoms. The lowest BCUT2D eigenvalue weighted by atomic mass is 9.75. The second-order valence-electron chi connectivity index (χ2n) is 9.04. The summed E-state index contributed by atoms with van der Waals surface area (Å²) in [5, 5.41) is 3.07. The molecule has 0 radical (unpaired) electrons. The minimum Gasteiger partial charge on any atom is -0.381 e. The molecule has 1 atom stereocenters. The molecule has 1 fully saturated rings. The first kappa shape index (κ1) is 20.1. The summed E-state index contributed by atoms with van der Waals surface area (Å²) in [7, 11) is 0. The molecule has 5 heteroatoms. The number of rotatable bonds is 6. The van der Waals surface area contributed by atoms with Crippen molar-refractivity contribution in [3.8, 4) is 0 Å². The maximum absolute atomic E-state index is 12.9. The zero-order valence-electron chi connectivity index (χ0n) is 17.3. The van der Waals surface area contributed by atoms with Gasteiger partial charge in [0.05, 0.1) is 13.0 Å². The normalized spacial score (nSPS) is 21.8. The predicted molar refractivity (Wildman–Crippen MR) is 106 cm³/mol. The molecule has 1 aromatic rings. The Morgan fingerprint density at radius 3 is 2.78 bits per heavy atom. The fourth-order valence-corrected chi connectivity index (χ4v) is 4.60. The van der Waals surface area contributed by atoms with Crippen LogP contribution < -0.4 is 5.32 Å². The number of Topliss-reactive ketones (excluding diaryl/α,β-unsaturated/α-hetero) is 1. The monoisotopic (exact) mass is 374 g/mol. The lowest BCUT2D eigenvalue weighted by Crippen LogP contribution is -2.34. The number of ether oxygens (including phenoxy) is 1. The number of carbonyl (C=O) groups is 2. The quantitative estimate of drug-likeness (QED) is 0.830. The Morgan fingerprint density at radius 1 is 1.33 bits per heavy atom. The number of amides is 1. The van der Waals surface area contributed by atoms with Crippen molar-refractivity contribution in [2.75, 3.05) is 19.8 Å². The van der Waals surface area contributed by atoms with Crippen molar-refractivity contribution in [2.24, 2.45) is 11.3 Å². The summed E-state index contributed by atoms with van der Waals surface area (Å²) in [6, 6.07) is 0. The lowest BCUT2D eigenvalue weighted by Gasteiger charge is -2.30. The van der Waals surface area contributed by atoms with Crippen LogP contribution in [0.3, 0.4) is 0 Å². The molecule has 0 aromatic carbocycles. The van der Waals surface area contributed by atoms with Gasteiger partial charge in [-0.05, 0) is 49.5 Å². The van der Waals surface area contributed by atoms with Crippen LogP contribution in [0.4, 0.5) is 0 Å². The molecule has 0 saturated carbocycles. The number of fused-ring (bicyclic) bond motifs is 1. The summed E-state index contributed by atoms with van der Waals surface area (Å²) in [6.07, 6.45) is 4.94. The molecule has 0 spiro atoms. The molecule has 2 heterocycles. The van der Waals surface area contributed by atoms with Crippen LogP contribution in [-0.2, 0) is 28.9 Å². The van der Waals surface area contributed by atoms with Gasteiger partial charge in [-0.1, -0.05) is 20.8 Å². The molecule has 1 saturated heterocycles. The van der Waals surface area contributed by atoms with Crippen LogP contribution in [-0.4, -0.2) is 36.0 Å². The second-order valence-corrected chi connectivity index (χ2v) is 9.04. The van der Waals surface area contributed by atoms with Crippen LogP contribution in [0, 0.1) is 18.3 Å². The molecule has 1 aromatic heterocycles. The number of aromatic nitrogens is 1. The van der Waals surface area contributed by atoms with Gasteiger partial charge >= 0.3 is 0 Å². The van der Waals surface area contributed by atoms with Gasteiger partial charge in [0.15, 0.2) is 5.78 Å². The van der Waals surface area contributed by atoms with Crippen molar-refractivity contribution in [1.82, 2.24) is 9.88 Å². The van der Waals surface area contributed by atoms with Crippen molar-refractivity contribution in [2.45, 2.75) is 72.8 Å². The van der Waals surface area contributed by atoms with E-state index in [1.54, 1.807) is 0 Å². The molecule has 1 N–H and O–H groups in total. The van der Waals surface area contributed by atoms with Gasteiger partial charge in [0.25, 0.3) is 0 Å². The third-order valence-electron chi connectivity index (χ3n) is 5.95. The standard InChI is InChI=1S/C22H34N2O3/c1-5-8-24-15(2)17(21-18(24)11-22(3,4)12-19(21)25)10-20(26)23-13-16-7-6-9-27-14-16/h16H,5-14H2,1-4H3,(H,23,26). The summed E-state index contributed by atoms with van der Waals surface area (Å²) in [5.74, 6) is 0.616. The van der Waals surface area contributed by atoms with Crippen LogP contribution in [0.2, 0.25) is 0 Å². The van der Waals surface area contributed by atoms with E-state index in [1.807, 2.05) is 0 Å². The second kappa shape index (κ2) is 8.17. The minimum absolute atomic E-state index is 0.0118. The molecule has 1 aliphatic heterocycles. The molecular formula is C22H34N2O3. The van der Waals surface area contributed by atoms with Crippen molar-refractivity contribution in [3.05, 3.63) is 22.5 Å². The van der Waals surface area contributed by atoms with Crippen LogP contribution in [0.15, 0.2) is 0 Å². The van der Waals surface area contributed by atoms with Gasteiger partial charge in [-0.25, -0.2) is 0 Å². The molecule has 3 rings (SSSR count). The number of nitrogens with one attached hydrogen (secondary N) is 1. The molecule has 0 bridgehead atoms. The summed E-state index contributed by atoms with van der Waals surface area (Å²) in [4.78, 5) is 25.5. The van der Waals surface area contributed by atoms with E-state index >= 15 is 0 Å². The molecule has 1 amide bonds. The van der Waals surface area contributed by atoms with E-state index in [-0.39, 0.29) is 17.1 Å². The number of carbonyl (C=O) groups excluding carboxylic acids is 2. The summed E-state index contributed by atoms with van der Waals surface area (Å²) >= 11 is 0. The van der Waals surface area contributed by atoms with Gasteiger partial charge in [-0.3, -0.25) is 9.59 Å². The largest absolute Gasteiger partial charge is 0.381 e. The van der Waals surface area contributed by atoms with E-state index in [1.165, 1.54) is 0 Å². The smallest absolute Gasteiger partial charge is 0.224 e. The zero-order chi connectivity index (χ0) is 19.6. The van der Waals surface area contributed by atoms with Crippen LogP contribution >= 0.6 is 0 Å². The molecular weight excluding hydrogens is 340 g/mol. The topological polar surface area (TPSA) is 60.3 Å². The maximum atomic E-state index is 12.9. The molecule has 5 nitrogen and oxygen atoms in total. The van der Waals surface area contributed by atoms with E-state index < -0.39 is 0 Å². The van der Waals surface area contributed by atoms with Gasteiger partial charge in [0.1, 0.15) is 0 Å². The third-order valence-corrected chi connectivity index (χ3v) is 5.95. The van der Waals surface area contributed by atoms with E-state index in [9.17, 15) is 9.59 Å². The number of nitrogens with zero attached hydrogens (tertiary/aromatic N) is 1. The predicted octanol–water partition coefficient (Wildman–Crippen LogP) is 3.45. The molecule has 1 aliphatic carbocycles. The van der Waals surface area contributed by atoms with Crippen LogP contribution in [0.1, 0.15) is 73.8 Å². The van der Waals surface area contributed by atoms with Gasteiger partial charge in [-0.15, -0.1) is 0 Å². The van der Waals surface area contributed by atoms with Crippen molar-refractivity contribution < 1.29 is 14.3 Å². The highest BCUT2D eigenvalue weighted by Crippen LogP contribution is 2.39. The Balaban J connectivity index is 1.78. The molecule has 2 aliphatic rings. The first-order valence-electron chi connectivity index (χ1n) is 10.4. The fraction of sp³-hybridized carbons (Fsp3) is 0.727.